The number of benzene rings is 1. The second-order valence-electron chi connectivity index (χ2n) is 8.32. The Bertz CT molecular complexity index is 883. The van der Waals surface area contributed by atoms with Gasteiger partial charge < -0.3 is 25.2 Å². The van der Waals surface area contributed by atoms with Gasteiger partial charge in [0.05, 0.1) is 13.2 Å². The minimum absolute atomic E-state index is 0. The molecule has 0 bridgehead atoms. The Hall–Kier alpha value is -2.07. The van der Waals surface area contributed by atoms with Crippen LogP contribution in [-0.4, -0.2) is 62.2 Å². The van der Waals surface area contributed by atoms with Crippen molar-refractivity contribution in [3.63, 3.8) is 0 Å². The fraction of sp³-hybridized carbons (Fsp3) is 0.520. The van der Waals surface area contributed by atoms with Crippen molar-refractivity contribution < 1.29 is 4.74 Å². The normalized spacial score (nSPS) is 14.5. The second-order valence-corrected chi connectivity index (χ2v) is 8.32. The molecule has 0 spiro atoms. The third kappa shape index (κ3) is 8.66. The van der Waals surface area contributed by atoms with E-state index >= 15 is 0 Å². The Morgan fingerprint density at radius 2 is 1.88 bits per heavy atom. The summed E-state index contributed by atoms with van der Waals surface area (Å²) in [4.78, 5) is 14.1. The topological polar surface area (TPSA) is 65.0 Å². The van der Waals surface area contributed by atoms with Crippen LogP contribution in [0.25, 0.3) is 0 Å². The molecule has 1 aliphatic heterocycles. The molecule has 0 amide bonds. The first-order chi connectivity index (χ1) is 15.6. The Morgan fingerprint density at radius 3 is 2.61 bits per heavy atom. The van der Waals surface area contributed by atoms with Gasteiger partial charge in [0.2, 0.25) is 0 Å². The van der Waals surface area contributed by atoms with Crippen LogP contribution in [0.4, 0.5) is 5.82 Å². The summed E-state index contributed by atoms with van der Waals surface area (Å²) in [5.41, 5.74) is 3.50. The standard InChI is InChI=1S/C25H38N6O.HI/c1-5-15-32-23-16-20(3)7-8-22(23)19-29-25(26-6-2)28-18-21-9-10-27-24(17-21)31-13-11-30(4)12-14-31;/h7-10,16-17H,5-6,11-15,18-19H2,1-4H3,(H2,26,28,29);1H. The van der Waals surface area contributed by atoms with Crippen molar-refractivity contribution in [2.24, 2.45) is 4.99 Å². The summed E-state index contributed by atoms with van der Waals surface area (Å²) in [7, 11) is 2.17. The largest absolute Gasteiger partial charge is 0.493 e. The van der Waals surface area contributed by atoms with E-state index in [1.165, 1.54) is 5.56 Å². The van der Waals surface area contributed by atoms with Crippen LogP contribution in [0.1, 0.15) is 37.0 Å². The number of piperazine rings is 1. The summed E-state index contributed by atoms with van der Waals surface area (Å²) in [6.07, 6.45) is 2.88. The number of aromatic nitrogens is 1. The molecular weight excluding hydrogens is 527 g/mol. The van der Waals surface area contributed by atoms with Gasteiger partial charge in [-0.2, -0.15) is 0 Å². The number of anilines is 1. The number of pyridine rings is 1. The molecule has 0 radical (unpaired) electrons. The Labute approximate surface area is 216 Å². The van der Waals surface area contributed by atoms with Crippen molar-refractivity contribution in [2.45, 2.75) is 40.3 Å². The van der Waals surface area contributed by atoms with Gasteiger partial charge in [-0.25, -0.2) is 9.98 Å². The summed E-state index contributed by atoms with van der Waals surface area (Å²) in [6, 6.07) is 10.6. The van der Waals surface area contributed by atoms with E-state index in [0.717, 1.165) is 74.4 Å². The number of likely N-dealkylation sites (N-methyl/N-ethyl adjacent to an activating group) is 1. The second kappa shape index (κ2) is 14.2. The fourth-order valence-corrected chi connectivity index (χ4v) is 3.61. The van der Waals surface area contributed by atoms with Gasteiger partial charge in [0, 0.05) is 51.0 Å². The molecule has 1 aromatic carbocycles. The highest BCUT2D eigenvalue weighted by molar-refractivity contribution is 14.0. The molecule has 2 aromatic rings. The first kappa shape index (κ1) is 27.2. The zero-order chi connectivity index (χ0) is 22.8. The smallest absolute Gasteiger partial charge is 0.191 e. The zero-order valence-electron chi connectivity index (χ0n) is 20.4. The molecule has 0 unspecified atom stereocenters. The number of ether oxygens (including phenoxy) is 1. The molecule has 1 aliphatic rings. The van der Waals surface area contributed by atoms with Crippen molar-refractivity contribution in [1.82, 2.24) is 20.5 Å². The first-order valence-electron chi connectivity index (χ1n) is 11.7. The number of rotatable bonds is 9. The van der Waals surface area contributed by atoms with E-state index in [4.69, 9.17) is 9.73 Å². The Kier molecular flexibility index (Phi) is 11.7. The average molecular weight is 567 g/mol. The van der Waals surface area contributed by atoms with Gasteiger partial charge >= 0.3 is 0 Å². The molecule has 8 heteroatoms. The van der Waals surface area contributed by atoms with E-state index in [-0.39, 0.29) is 24.0 Å². The van der Waals surface area contributed by atoms with Gasteiger partial charge in [0.15, 0.2) is 5.96 Å². The lowest BCUT2D eigenvalue weighted by Crippen LogP contribution is -2.44. The molecule has 0 atom stereocenters. The molecule has 0 saturated carbocycles. The molecule has 3 rings (SSSR count). The summed E-state index contributed by atoms with van der Waals surface area (Å²) < 4.78 is 5.95. The van der Waals surface area contributed by atoms with Crippen LogP contribution in [0.3, 0.4) is 0 Å². The Balaban J connectivity index is 0.00000385. The molecule has 1 saturated heterocycles. The Morgan fingerprint density at radius 1 is 1.09 bits per heavy atom. The van der Waals surface area contributed by atoms with Gasteiger partial charge in [-0.05, 0) is 56.6 Å². The van der Waals surface area contributed by atoms with Crippen LogP contribution in [0.15, 0.2) is 41.5 Å². The van der Waals surface area contributed by atoms with Crippen LogP contribution in [-0.2, 0) is 13.1 Å². The maximum absolute atomic E-state index is 5.95. The van der Waals surface area contributed by atoms with Crippen molar-refractivity contribution in [3.8, 4) is 5.75 Å². The third-order valence-electron chi connectivity index (χ3n) is 5.53. The lowest BCUT2D eigenvalue weighted by atomic mass is 10.1. The molecule has 182 valence electrons. The lowest BCUT2D eigenvalue weighted by molar-refractivity contribution is 0.312. The van der Waals surface area contributed by atoms with E-state index in [0.29, 0.717) is 13.1 Å². The van der Waals surface area contributed by atoms with Crippen molar-refractivity contribution in [1.29, 1.82) is 0 Å². The van der Waals surface area contributed by atoms with Gasteiger partial charge in [0.1, 0.15) is 11.6 Å². The monoisotopic (exact) mass is 566 g/mol. The predicted molar refractivity (Wildman–Crippen MR) is 148 cm³/mol. The van der Waals surface area contributed by atoms with Crippen LogP contribution in [0, 0.1) is 6.92 Å². The molecule has 0 aliphatic carbocycles. The predicted octanol–water partition coefficient (Wildman–Crippen LogP) is 3.80. The summed E-state index contributed by atoms with van der Waals surface area (Å²) in [6.45, 7) is 13.3. The van der Waals surface area contributed by atoms with Gasteiger partial charge in [-0.3, -0.25) is 0 Å². The molecule has 2 heterocycles. The fourth-order valence-electron chi connectivity index (χ4n) is 3.61. The molecule has 33 heavy (non-hydrogen) atoms. The molecule has 1 fully saturated rings. The van der Waals surface area contributed by atoms with Gasteiger partial charge in [-0.1, -0.05) is 19.1 Å². The van der Waals surface area contributed by atoms with Crippen LogP contribution in [0.5, 0.6) is 5.75 Å². The highest BCUT2D eigenvalue weighted by Gasteiger charge is 2.15. The average Bonchev–Trinajstić information content (AvgIpc) is 2.81. The number of aliphatic imine (C=N–C) groups is 1. The number of hydrogen-bond acceptors (Lipinski definition) is 5. The van der Waals surface area contributed by atoms with E-state index in [2.05, 4.69) is 77.5 Å². The quantitative estimate of drug-likeness (QED) is 0.274. The lowest BCUT2D eigenvalue weighted by Gasteiger charge is -2.33. The minimum Gasteiger partial charge on any atom is -0.493 e. The van der Waals surface area contributed by atoms with Crippen LogP contribution >= 0.6 is 24.0 Å². The van der Waals surface area contributed by atoms with E-state index in [1.54, 1.807) is 0 Å². The maximum Gasteiger partial charge on any atom is 0.191 e. The van der Waals surface area contributed by atoms with Crippen LogP contribution < -0.4 is 20.3 Å². The molecule has 7 nitrogen and oxygen atoms in total. The first-order valence-corrected chi connectivity index (χ1v) is 11.7. The number of halogens is 1. The number of nitrogens with zero attached hydrogens (tertiary/aromatic N) is 4. The van der Waals surface area contributed by atoms with Crippen molar-refractivity contribution in [3.05, 3.63) is 53.2 Å². The molecule has 2 N–H and O–H groups in total. The van der Waals surface area contributed by atoms with Gasteiger partial charge in [0.25, 0.3) is 0 Å². The number of nitrogens with one attached hydrogen (secondary N) is 2. The maximum atomic E-state index is 5.95. The third-order valence-corrected chi connectivity index (χ3v) is 5.53. The summed E-state index contributed by atoms with van der Waals surface area (Å²) >= 11 is 0. The minimum atomic E-state index is 0. The van der Waals surface area contributed by atoms with E-state index in [9.17, 15) is 0 Å². The van der Waals surface area contributed by atoms with E-state index in [1.807, 2.05) is 12.3 Å². The van der Waals surface area contributed by atoms with Crippen LogP contribution in [0.2, 0.25) is 0 Å². The molecule has 1 aromatic heterocycles. The summed E-state index contributed by atoms with van der Waals surface area (Å²) in [5.74, 6) is 2.79. The number of hydrogen-bond donors (Lipinski definition) is 2. The SMILES string of the molecule is CCCOc1cc(C)ccc1CNC(=NCc1ccnc(N2CCN(C)CC2)c1)NCC.I. The van der Waals surface area contributed by atoms with Crippen molar-refractivity contribution in [2.75, 3.05) is 51.3 Å². The highest BCUT2D eigenvalue weighted by atomic mass is 127. The summed E-state index contributed by atoms with van der Waals surface area (Å²) in [5, 5.41) is 6.80. The van der Waals surface area contributed by atoms with Crippen molar-refractivity contribution >= 4 is 35.8 Å². The van der Waals surface area contributed by atoms with Gasteiger partial charge in [-0.15, -0.1) is 24.0 Å². The zero-order valence-corrected chi connectivity index (χ0v) is 22.8. The molecular formula is C25H39IN6O. The highest BCUT2D eigenvalue weighted by Crippen LogP contribution is 2.20. The number of aryl methyl sites for hydroxylation is 1. The van der Waals surface area contributed by atoms with E-state index < -0.39 is 0 Å². The number of guanidine groups is 1.